The molecule has 0 bridgehead atoms. The molecule has 1 rings (SSSR count). The number of hydrogen-bond acceptors (Lipinski definition) is 0. The van der Waals surface area contributed by atoms with Crippen LogP contribution in [0.1, 0.15) is 25.8 Å². The molecule has 0 unspecified atom stereocenters. The maximum Gasteiger partial charge on any atom is 0 e. The minimum atomic E-state index is 0. The molecule has 0 saturated heterocycles. The van der Waals surface area contributed by atoms with Crippen LogP contribution in [-0.4, -0.2) is 0 Å². The summed E-state index contributed by atoms with van der Waals surface area (Å²) in [6.07, 6.45) is 1.14. The number of benzene rings is 1. The van der Waals surface area contributed by atoms with Crippen LogP contribution in [-0.2, 0) is 32.7 Å². The van der Waals surface area contributed by atoms with Crippen molar-refractivity contribution in [1.29, 1.82) is 0 Å². The number of hydrogen-bond donors (Lipinski definition) is 0. The third kappa shape index (κ3) is 3.40. The molecule has 0 aliphatic heterocycles. The van der Waals surface area contributed by atoms with Gasteiger partial charge in [-0.1, -0.05) is 26.3 Å². The molecule has 0 fully saturated rings. The molecule has 0 aliphatic carbocycles. The second kappa shape index (κ2) is 5.80. The Morgan fingerprint density at radius 2 is 1.73 bits per heavy atom. The van der Waals surface area contributed by atoms with E-state index in [-0.39, 0.29) is 32.7 Å². The molecule has 0 heterocycles. The van der Waals surface area contributed by atoms with Gasteiger partial charge in [0, 0.05) is 32.7 Å². The van der Waals surface area contributed by atoms with Gasteiger partial charge < -0.3 is 0 Å². The van der Waals surface area contributed by atoms with Gasteiger partial charge in [-0.3, -0.25) is 0 Å². The fraction of sp³-hybridized carbons (Fsp3) is 0.300. The summed E-state index contributed by atoms with van der Waals surface area (Å²) in [7, 11) is 0. The van der Waals surface area contributed by atoms with Gasteiger partial charge in [-0.2, -0.15) is 23.6 Å². The largest absolute Gasteiger partial charge is 0.189 e. The number of rotatable bonds is 2. The van der Waals surface area contributed by atoms with Gasteiger partial charge in [-0.15, -0.1) is 12.1 Å². The van der Waals surface area contributed by atoms with Crippen molar-refractivity contribution in [2.75, 3.05) is 0 Å². The predicted molar refractivity (Wildman–Crippen MR) is 44.8 cm³/mol. The van der Waals surface area contributed by atoms with Crippen LogP contribution in [0.4, 0.5) is 0 Å². The van der Waals surface area contributed by atoms with Gasteiger partial charge in [0.05, 0.1) is 0 Å². The van der Waals surface area contributed by atoms with Crippen molar-refractivity contribution in [3.05, 3.63) is 41.8 Å². The van der Waals surface area contributed by atoms with Crippen LogP contribution in [0.3, 0.4) is 0 Å². The summed E-state index contributed by atoms with van der Waals surface area (Å²) in [5.41, 5.74) is 1.37. The summed E-state index contributed by atoms with van der Waals surface area (Å²) in [6, 6.07) is 10.5. The van der Waals surface area contributed by atoms with E-state index in [1.54, 1.807) is 0 Å². The molecule has 57 valence electrons. The molecule has 1 aromatic carbocycles. The molecule has 0 aliphatic rings. The summed E-state index contributed by atoms with van der Waals surface area (Å²) < 4.78 is 0. The zero-order valence-electron chi connectivity index (χ0n) is 7.17. The van der Waals surface area contributed by atoms with E-state index in [0.29, 0.717) is 0 Å². The van der Waals surface area contributed by atoms with Crippen LogP contribution in [0, 0.1) is 5.92 Å². The van der Waals surface area contributed by atoms with E-state index in [0.717, 1.165) is 6.42 Å². The van der Waals surface area contributed by atoms with Gasteiger partial charge in [-0.25, -0.2) is 0 Å². The first-order chi connectivity index (χ1) is 4.84. The monoisotopic (exact) mass is 222 g/mol. The first-order valence-corrected chi connectivity index (χ1v) is 3.72. The fourth-order valence-electron chi connectivity index (χ4n) is 0.927. The molecule has 1 heteroatoms. The zero-order chi connectivity index (χ0) is 7.40. The molecule has 0 saturated carbocycles. The molecule has 0 atom stereocenters. The Balaban J connectivity index is 0.000001000. The van der Waals surface area contributed by atoms with Crippen LogP contribution in [0.2, 0.25) is 0 Å². The maximum atomic E-state index is 2.18. The van der Waals surface area contributed by atoms with Crippen LogP contribution < -0.4 is 0 Å². The van der Waals surface area contributed by atoms with E-state index < -0.39 is 0 Å². The van der Waals surface area contributed by atoms with Crippen LogP contribution in [0.15, 0.2) is 30.3 Å². The third-order valence-electron chi connectivity index (χ3n) is 1.80. The smallest absolute Gasteiger partial charge is 0 e. The summed E-state index contributed by atoms with van der Waals surface area (Å²) in [4.78, 5) is 0. The topological polar surface area (TPSA) is 0 Å². The summed E-state index contributed by atoms with van der Waals surface area (Å²) in [5.74, 6) is 1.46. The summed E-state index contributed by atoms with van der Waals surface area (Å²) >= 11 is 0. The van der Waals surface area contributed by atoms with Gasteiger partial charge >= 0.3 is 0 Å². The van der Waals surface area contributed by atoms with E-state index in [1.165, 1.54) is 11.5 Å². The zero-order valence-corrected chi connectivity index (χ0v) is 10.0. The third-order valence-corrected chi connectivity index (χ3v) is 1.80. The fourth-order valence-corrected chi connectivity index (χ4v) is 0.927. The Bertz CT molecular complexity index is 181. The molecular weight excluding hydrogens is 209 g/mol. The Morgan fingerprint density at radius 1 is 1.18 bits per heavy atom. The minimum Gasteiger partial charge on any atom is -0.189 e. The molecule has 1 radical (unpaired) electrons. The van der Waals surface area contributed by atoms with Crippen molar-refractivity contribution < 1.29 is 32.7 Å². The van der Waals surface area contributed by atoms with Gasteiger partial charge in [0.15, 0.2) is 0 Å². The summed E-state index contributed by atoms with van der Waals surface area (Å²) in [6.45, 7) is 4.36. The molecule has 0 N–H and O–H groups in total. The standard InChI is InChI=1S/C10H13.Y/c1-3-9(2)10-7-5-4-6-8-10;/h4-8H,3H2,1-2H3;/q-1;. The second-order valence-corrected chi connectivity index (χ2v) is 2.50. The molecule has 1 aromatic rings. The molecular formula is C10H13Y-. The average molecular weight is 222 g/mol. The Labute approximate surface area is 94.3 Å². The van der Waals surface area contributed by atoms with Gasteiger partial charge in [0.25, 0.3) is 0 Å². The quantitative estimate of drug-likeness (QED) is 0.674. The summed E-state index contributed by atoms with van der Waals surface area (Å²) in [5, 5.41) is 0. The molecule has 11 heavy (non-hydrogen) atoms. The van der Waals surface area contributed by atoms with Crippen LogP contribution in [0.5, 0.6) is 0 Å². The van der Waals surface area contributed by atoms with E-state index in [9.17, 15) is 0 Å². The van der Waals surface area contributed by atoms with Crippen molar-refractivity contribution in [1.82, 2.24) is 0 Å². The maximum absolute atomic E-state index is 2.18. The van der Waals surface area contributed by atoms with E-state index in [4.69, 9.17) is 0 Å². The van der Waals surface area contributed by atoms with Gasteiger partial charge in [-0.05, 0) is 0 Å². The molecule has 0 spiro atoms. The Morgan fingerprint density at radius 3 is 2.18 bits per heavy atom. The van der Waals surface area contributed by atoms with Gasteiger partial charge in [0.2, 0.25) is 0 Å². The predicted octanol–water partition coefficient (Wildman–Crippen LogP) is 3.04. The first kappa shape index (κ1) is 11.2. The van der Waals surface area contributed by atoms with Crippen molar-refractivity contribution in [3.63, 3.8) is 0 Å². The van der Waals surface area contributed by atoms with Crippen molar-refractivity contribution >= 4 is 0 Å². The van der Waals surface area contributed by atoms with Crippen molar-refractivity contribution in [3.8, 4) is 0 Å². The minimum absolute atomic E-state index is 0. The van der Waals surface area contributed by atoms with Gasteiger partial charge in [0.1, 0.15) is 0 Å². The van der Waals surface area contributed by atoms with Crippen molar-refractivity contribution in [2.24, 2.45) is 0 Å². The first-order valence-electron chi connectivity index (χ1n) is 3.72. The Hall–Kier alpha value is 0.194. The van der Waals surface area contributed by atoms with E-state index in [1.807, 2.05) is 6.07 Å². The van der Waals surface area contributed by atoms with Crippen molar-refractivity contribution in [2.45, 2.75) is 20.3 Å². The average Bonchev–Trinajstić information content (AvgIpc) is 2.05. The molecule has 0 aromatic heterocycles. The van der Waals surface area contributed by atoms with E-state index >= 15 is 0 Å². The second-order valence-electron chi connectivity index (χ2n) is 2.50. The Kier molecular flexibility index (Phi) is 5.90. The molecule has 0 nitrogen and oxygen atoms in total. The van der Waals surface area contributed by atoms with Crippen LogP contribution in [0.25, 0.3) is 0 Å². The molecule has 0 amide bonds. The van der Waals surface area contributed by atoms with Crippen LogP contribution >= 0.6 is 0 Å². The SMILES string of the molecule is CC[C-](C)c1ccccc1.[Y]. The van der Waals surface area contributed by atoms with E-state index in [2.05, 4.69) is 38.1 Å². The normalized spacial score (nSPS) is 8.55.